The number of benzene rings is 2. The minimum atomic E-state index is 0.153. The first-order chi connectivity index (χ1) is 9.15. The number of fused-ring (bicyclic) bond motifs is 1. The Morgan fingerprint density at radius 3 is 2.37 bits per heavy atom. The topological polar surface area (TPSA) is 17.1 Å². The molecule has 0 atom stereocenters. The van der Waals surface area contributed by atoms with Crippen LogP contribution in [-0.4, -0.2) is 5.78 Å². The average molecular weight is 254 g/mol. The highest BCUT2D eigenvalue weighted by Gasteiger charge is 2.07. The van der Waals surface area contributed by atoms with Crippen LogP contribution >= 0.6 is 0 Å². The number of Topliss-reactive ketones (excluding diaryl/α,β-unsaturated/α-hetero) is 1. The third-order valence-corrected chi connectivity index (χ3v) is 3.57. The van der Waals surface area contributed by atoms with E-state index in [4.69, 9.17) is 0 Å². The number of carbonyl (C=O) groups is 1. The molecule has 2 aromatic rings. The summed E-state index contributed by atoms with van der Waals surface area (Å²) < 4.78 is 0. The maximum absolute atomic E-state index is 11.7. The van der Waals surface area contributed by atoms with Crippen molar-refractivity contribution in [2.45, 2.75) is 46.5 Å². The molecule has 1 heteroatoms. The van der Waals surface area contributed by atoms with Gasteiger partial charge in [-0.1, -0.05) is 44.9 Å². The van der Waals surface area contributed by atoms with Crippen molar-refractivity contribution in [2.75, 3.05) is 0 Å². The van der Waals surface area contributed by atoms with Gasteiger partial charge in [-0.25, -0.2) is 0 Å². The van der Waals surface area contributed by atoms with Crippen LogP contribution in [0.2, 0.25) is 0 Å². The quantitative estimate of drug-likeness (QED) is 0.690. The van der Waals surface area contributed by atoms with E-state index in [9.17, 15) is 4.79 Å². The van der Waals surface area contributed by atoms with Crippen LogP contribution in [0.25, 0.3) is 10.8 Å². The summed E-state index contributed by atoms with van der Waals surface area (Å²) in [5, 5.41) is 2.51. The normalized spacial score (nSPS) is 10.9. The standard InChI is InChI=1S/C18H22O/c1-4-6-14-8-9-18-15(7-5-2)11-16(13(3)19)12-17(18)10-14/h8-12H,4-7H2,1-3H3. The molecule has 0 aliphatic rings. The molecule has 2 aromatic carbocycles. The molecule has 0 aromatic heterocycles. The second kappa shape index (κ2) is 6.01. The van der Waals surface area contributed by atoms with Crippen LogP contribution in [0, 0.1) is 0 Å². The highest BCUT2D eigenvalue weighted by Crippen LogP contribution is 2.24. The molecule has 0 radical (unpaired) electrons. The predicted molar refractivity (Wildman–Crippen MR) is 81.9 cm³/mol. The zero-order chi connectivity index (χ0) is 13.8. The summed E-state index contributed by atoms with van der Waals surface area (Å²) in [6.07, 6.45) is 4.39. The van der Waals surface area contributed by atoms with Gasteiger partial charge in [0.25, 0.3) is 0 Å². The lowest BCUT2D eigenvalue weighted by atomic mass is 9.94. The smallest absolute Gasteiger partial charge is 0.159 e. The Hall–Kier alpha value is -1.63. The van der Waals surface area contributed by atoms with Crippen molar-refractivity contribution in [1.82, 2.24) is 0 Å². The van der Waals surface area contributed by atoms with Crippen molar-refractivity contribution in [2.24, 2.45) is 0 Å². The van der Waals surface area contributed by atoms with Crippen molar-refractivity contribution in [3.63, 3.8) is 0 Å². The van der Waals surface area contributed by atoms with E-state index in [0.717, 1.165) is 31.2 Å². The number of ketones is 1. The first-order valence-electron chi connectivity index (χ1n) is 7.22. The average Bonchev–Trinajstić information content (AvgIpc) is 2.38. The van der Waals surface area contributed by atoms with Gasteiger partial charge in [0.05, 0.1) is 0 Å². The summed E-state index contributed by atoms with van der Waals surface area (Å²) in [7, 11) is 0. The van der Waals surface area contributed by atoms with Crippen LogP contribution < -0.4 is 0 Å². The molecule has 0 bridgehead atoms. The van der Waals surface area contributed by atoms with Gasteiger partial charge in [0, 0.05) is 5.56 Å². The monoisotopic (exact) mass is 254 g/mol. The molecule has 0 amide bonds. The Balaban J connectivity index is 2.61. The van der Waals surface area contributed by atoms with Gasteiger partial charge in [0.2, 0.25) is 0 Å². The lowest BCUT2D eigenvalue weighted by Crippen LogP contribution is -1.96. The van der Waals surface area contributed by atoms with Crippen molar-refractivity contribution in [1.29, 1.82) is 0 Å². The molecule has 0 saturated carbocycles. The number of aryl methyl sites for hydroxylation is 2. The number of hydrogen-bond donors (Lipinski definition) is 0. The van der Waals surface area contributed by atoms with Gasteiger partial charge in [0.15, 0.2) is 5.78 Å². The molecular formula is C18H22O. The van der Waals surface area contributed by atoms with Crippen LogP contribution in [0.1, 0.15) is 55.1 Å². The second-order valence-electron chi connectivity index (χ2n) is 5.25. The molecule has 0 fully saturated rings. The van der Waals surface area contributed by atoms with E-state index in [1.165, 1.54) is 21.9 Å². The van der Waals surface area contributed by atoms with Gasteiger partial charge in [-0.15, -0.1) is 0 Å². The predicted octanol–water partition coefficient (Wildman–Crippen LogP) is 4.95. The molecule has 0 heterocycles. The molecule has 19 heavy (non-hydrogen) atoms. The fourth-order valence-electron chi connectivity index (χ4n) is 2.62. The van der Waals surface area contributed by atoms with E-state index in [0.29, 0.717) is 0 Å². The molecular weight excluding hydrogens is 232 g/mol. The Labute approximate surface area is 115 Å². The van der Waals surface area contributed by atoms with Crippen LogP contribution in [0.5, 0.6) is 0 Å². The first-order valence-corrected chi connectivity index (χ1v) is 7.22. The Morgan fingerprint density at radius 1 is 1.00 bits per heavy atom. The summed E-state index contributed by atoms with van der Waals surface area (Å²) in [5.74, 6) is 0.153. The molecule has 0 aliphatic heterocycles. The van der Waals surface area contributed by atoms with Gasteiger partial charge in [0.1, 0.15) is 0 Å². The number of carbonyl (C=O) groups excluding carboxylic acids is 1. The molecule has 0 saturated heterocycles. The summed E-state index contributed by atoms with van der Waals surface area (Å²) in [6.45, 7) is 6.02. The number of rotatable bonds is 5. The molecule has 2 rings (SSSR count). The third kappa shape index (κ3) is 3.04. The van der Waals surface area contributed by atoms with Crippen molar-refractivity contribution >= 4 is 16.6 Å². The van der Waals surface area contributed by atoms with Crippen LogP contribution in [-0.2, 0) is 12.8 Å². The van der Waals surface area contributed by atoms with E-state index >= 15 is 0 Å². The second-order valence-corrected chi connectivity index (χ2v) is 5.25. The number of hydrogen-bond acceptors (Lipinski definition) is 1. The fraction of sp³-hybridized carbons (Fsp3) is 0.389. The lowest BCUT2D eigenvalue weighted by molar-refractivity contribution is 0.101. The SMILES string of the molecule is CCCc1ccc2c(CCC)cc(C(C)=O)cc2c1. The molecule has 100 valence electrons. The Kier molecular flexibility index (Phi) is 4.36. The maximum atomic E-state index is 11.7. The van der Waals surface area contributed by atoms with E-state index < -0.39 is 0 Å². The van der Waals surface area contributed by atoms with Gasteiger partial charge >= 0.3 is 0 Å². The first kappa shape index (κ1) is 13.8. The van der Waals surface area contributed by atoms with E-state index in [1.807, 2.05) is 6.07 Å². The molecule has 0 aliphatic carbocycles. The van der Waals surface area contributed by atoms with Gasteiger partial charge in [-0.05, 0) is 53.8 Å². The third-order valence-electron chi connectivity index (χ3n) is 3.57. The van der Waals surface area contributed by atoms with Gasteiger partial charge in [-0.3, -0.25) is 4.79 Å². The van der Waals surface area contributed by atoms with E-state index in [1.54, 1.807) is 6.92 Å². The lowest BCUT2D eigenvalue weighted by Gasteiger charge is -2.10. The molecule has 1 nitrogen and oxygen atoms in total. The largest absolute Gasteiger partial charge is 0.295 e. The summed E-state index contributed by atoms with van der Waals surface area (Å²) >= 11 is 0. The fourth-order valence-corrected chi connectivity index (χ4v) is 2.62. The van der Waals surface area contributed by atoms with Crippen LogP contribution in [0.4, 0.5) is 0 Å². The highest BCUT2D eigenvalue weighted by atomic mass is 16.1. The van der Waals surface area contributed by atoms with E-state index in [2.05, 4.69) is 38.1 Å². The summed E-state index contributed by atoms with van der Waals surface area (Å²) in [4.78, 5) is 11.7. The van der Waals surface area contributed by atoms with Crippen molar-refractivity contribution in [3.8, 4) is 0 Å². The minimum Gasteiger partial charge on any atom is -0.295 e. The minimum absolute atomic E-state index is 0.153. The Bertz CT molecular complexity index is 596. The van der Waals surface area contributed by atoms with Crippen molar-refractivity contribution < 1.29 is 4.79 Å². The molecule has 0 unspecified atom stereocenters. The highest BCUT2D eigenvalue weighted by molar-refractivity contribution is 5.99. The molecule has 0 spiro atoms. The summed E-state index contributed by atoms with van der Waals surface area (Å²) in [5.41, 5.74) is 3.50. The maximum Gasteiger partial charge on any atom is 0.159 e. The zero-order valence-corrected chi connectivity index (χ0v) is 12.1. The zero-order valence-electron chi connectivity index (χ0n) is 12.1. The van der Waals surface area contributed by atoms with Crippen LogP contribution in [0.15, 0.2) is 30.3 Å². The molecule has 0 N–H and O–H groups in total. The van der Waals surface area contributed by atoms with Gasteiger partial charge < -0.3 is 0 Å². The Morgan fingerprint density at radius 2 is 1.74 bits per heavy atom. The van der Waals surface area contributed by atoms with Gasteiger partial charge in [-0.2, -0.15) is 0 Å². The summed E-state index contributed by atoms with van der Waals surface area (Å²) in [6, 6.07) is 10.8. The van der Waals surface area contributed by atoms with E-state index in [-0.39, 0.29) is 5.78 Å². The van der Waals surface area contributed by atoms with Crippen LogP contribution in [0.3, 0.4) is 0 Å². The van der Waals surface area contributed by atoms with Crippen molar-refractivity contribution in [3.05, 3.63) is 47.0 Å².